The highest BCUT2D eigenvalue weighted by Crippen LogP contribution is 2.34. The highest BCUT2D eigenvalue weighted by molar-refractivity contribution is 7.89. The zero-order valence-electron chi connectivity index (χ0n) is 24.1. The molecule has 16 nitrogen and oxygen atoms in total. The van der Waals surface area contributed by atoms with Crippen molar-refractivity contribution in [3.8, 4) is 17.1 Å². The number of piperidine rings is 1. The van der Waals surface area contributed by atoms with Crippen molar-refractivity contribution >= 4 is 21.1 Å². The number of aromatic amines is 1. The van der Waals surface area contributed by atoms with E-state index in [1.54, 1.807) is 11.6 Å². The second-order valence-electron chi connectivity index (χ2n) is 10.3. The fourth-order valence-corrected chi connectivity index (χ4v) is 6.78. The first kappa shape index (κ1) is 31.7. The standard InChI is InChI=1S/C26H34N6O10S/c1-4-6-18-15-29(3)24-23(18)27-25(28-26(24)33)20-14-19(7-8-21(20)40-13-5-2)43(38,39)30-11-9-17(10-12-30)22(42-32(36)37)16-41-31(34)35/h7-8,14-15,17,22H,4-6,9-13,16H2,1-3H3,(H,27,28,33)/t22-/m0/s1. The number of hydrogen-bond donors (Lipinski definition) is 1. The lowest BCUT2D eigenvalue weighted by atomic mass is 9.92. The number of sulfonamides is 1. The number of aryl methyl sites for hydroxylation is 2. The van der Waals surface area contributed by atoms with Crippen LogP contribution in [0.15, 0.2) is 34.1 Å². The van der Waals surface area contributed by atoms with Gasteiger partial charge in [-0.1, -0.05) is 20.3 Å². The Labute approximate surface area is 246 Å². The van der Waals surface area contributed by atoms with Crippen LogP contribution in [-0.4, -0.2) is 69.8 Å². The monoisotopic (exact) mass is 622 g/mol. The van der Waals surface area contributed by atoms with Crippen LogP contribution in [0.25, 0.3) is 22.4 Å². The third-order valence-corrected chi connectivity index (χ3v) is 9.21. The van der Waals surface area contributed by atoms with Crippen LogP contribution in [0.5, 0.6) is 5.75 Å². The zero-order valence-corrected chi connectivity index (χ0v) is 24.9. The van der Waals surface area contributed by atoms with E-state index in [4.69, 9.17) is 9.72 Å². The van der Waals surface area contributed by atoms with E-state index in [1.165, 1.54) is 22.5 Å². The van der Waals surface area contributed by atoms with Gasteiger partial charge in [0.25, 0.3) is 15.7 Å². The van der Waals surface area contributed by atoms with Gasteiger partial charge in [0.05, 0.1) is 22.6 Å². The number of ether oxygens (including phenoxy) is 1. The van der Waals surface area contributed by atoms with E-state index in [2.05, 4.69) is 14.7 Å². The van der Waals surface area contributed by atoms with Gasteiger partial charge in [0.15, 0.2) is 0 Å². The predicted octanol–water partition coefficient (Wildman–Crippen LogP) is 2.86. The van der Waals surface area contributed by atoms with Crippen LogP contribution in [-0.2, 0) is 33.2 Å². The Bertz CT molecular complexity index is 1650. The first-order valence-corrected chi connectivity index (χ1v) is 15.3. The van der Waals surface area contributed by atoms with E-state index in [9.17, 15) is 33.4 Å². The van der Waals surface area contributed by atoms with Crippen molar-refractivity contribution in [2.45, 2.75) is 57.0 Å². The topological polar surface area (TPSA) is 202 Å². The van der Waals surface area contributed by atoms with Crippen molar-refractivity contribution in [2.24, 2.45) is 13.0 Å². The summed E-state index contributed by atoms with van der Waals surface area (Å²) in [4.78, 5) is 51.0. The average Bonchev–Trinajstić information content (AvgIpc) is 3.29. The highest BCUT2D eigenvalue weighted by atomic mass is 32.2. The van der Waals surface area contributed by atoms with Gasteiger partial charge in [0.1, 0.15) is 29.8 Å². The molecule has 0 amide bonds. The van der Waals surface area contributed by atoms with E-state index >= 15 is 0 Å². The van der Waals surface area contributed by atoms with Crippen LogP contribution < -0.4 is 10.3 Å². The van der Waals surface area contributed by atoms with E-state index in [1.807, 2.05) is 20.0 Å². The number of hydrogen-bond acceptors (Lipinski definition) is 11. The highest BCUT2D eigenvalue weighted by Gasteiger charge is 2.35. The summed E-state index contributed by atoms with van der Waals surface area (Å²) in [6.07, 6.45) is 3.21. The second kappa shape index (κ2) is 13.4. The summed E-state index contributed by atoms with van der Waals surface area (Å²) in [5, 5.41) is 19.4. The molecule has 234 valence electrons. The van der Waals surface area contributed by atoms with Gasteiger partial charge in [-0.25, -0.2) is 13.4 Å². The van der Waals surface area contributed by atoms with Gasteiger partial charge in [0.2, 0.25) is 10.0 Å². The molecule has 4 rings (SSSR count). The van der Waals surface area contributed by atoms with Crippen LogP contribution in [0, 0.1) is 26.1 Å². The minimum Gasteiger partial charge on any atom is -0.493 e. The minimum atomic E-state index is -4.05. The van der Waals surface area contributed by atoms with Gasteiger partial charge in [-0.2, -0.15) is 4.31 Å². The first-order chi connectivity index (χ1) is 20.5. The minimum absolute atomic E-state index is 0.00209. The number of aromatic nitrogens is 3. The predicted molar refractivity (Wildman–Crippen MR) is 153 cm³/mol. The van der Waals surface area contributed by atoms with Crippen LogP contribution in [0.1, 0.15) is 45.1 Å². The molecule has 1 N–H and O–H groups in total. The number of H-pyrrole nitrogens is 1. The van der Waals surface area contributed by atoms with Crippen molar-refractivity contribution in [1.29, 1.82) is 0 Å². The molecule has 0 radical (unpaired) electrons. The molecule has 3 heterocycles. The molecule has 1 aliphatic rings. The molecule has 1 fully saturated rings. The zero-order chi connectivity index (χ0) is 31.3. The van der Waals surface area contributed by atoms with E-state index in [-0.39, 0.29) is 42.2 Å². The maximum Gasteiger partial charge on any atom is 0.294 e. The van der Waals surface area contributed by atoms with Gasteiger partial charge in [-0.3, -0.25) is 4.79 Å². The van der Waals surface area contributed by atoms with Crippen molar-refractivity contribution in [3.05, 3.63) is 60.5 Å². The molecule has 17 heteroatoms. The summed E-state index contributed by atoms with van der Waals surface area (Å²) in [5.74, 6) is -0.00427. The van der Waals surface area contributed by atoms with Gasteiger partial charge in [-0.05, 0) is 55.4 Å². The van der Waals surface area contributed by atoms with Gasteiger partial charge >= 0.3 is 0 Å². The summed E-state index contributed by atoms with van der Waals surface area (Å²) >= 11 is 0. The van der Waals surface area contributed by atoms with Crippen LogP contribution in [0.3, 0.4) is 0 Å². The van der Waals surface area contributed by atoms with E-state index in [0.29, 0.717) is 41.8 Å². The Hall–Kier alpha value is -4.25. The number of benzene rings is 1. The van der Waals surface area contributed by atoms with Crippen molar-refractivity contribution in [1.82, 2.24) is 18.8 Å². The summed E-state index contributed by atoms with van der Waals surface area (Å²) in [6, 6.07) is 4.37. The molecule has 0 aliphatic carbocycles. The van der Waals surface area contributed by atoms with Crippen LogP contribution >= 0.6 is 0 Å². The quantitative estimate of drug-likeness (QED) is 0.205. The molecule has 1 atom stereocenters. The molecule has 0 bridgehead atoms. The SMILES string of the molecule is CCCOc1ccc(S(=O)(=O)N2CCC([C@H](CO[N+](=O)[O-])O[N+](=O)[O-])CC2)cc1-c1nc2c(CCC)cn(C)c2c(=O)[nH]1. The molecule has 1 aliphatic heterocycles. The Balaban J connectivity index is 1.66. The van der Waals surface area contributed by atoms with Crippen LogP contribution in [0.4, 0.5) is 0 Å². The number of nitrogens with zero attached hydrogens (tertiary/aromatic N) is 5. The molecule has 3 aromatic rings. The number of rotatable bonds is 14. The summed E-state index contributed by atoms with van der Waals surface area (Å²) < 4.78 is 36.3. The lowest BCUT2D eigenvalue weighted by molar-refractivity contribution is -0.791. The van der Waals surface area contributed by atoms with Gasteiger partial charge in [0, 0.05) is 26.3 Å². The molecule has 2 aromatic heterocycles. The number of fused-ring (bicyclic) bond motifs is 1. The van der Waals surface area contributed by atoms with E-state index in [0.717, 1.165) is 12.0 Å². The van der Waals surface area contributed by atoms with Gasteiger partial charge < -0.3 is 24.0 Å². The lowest BCUT2D eigenvalue weighted by Crippen LogP contribution is -2.43. The molecule has 0 spiro atoms. The number of nitrogens with one attached hydrogen (secondary N) is 1. The van der Waals surface area contributed by atoms with Crippen LogP contribution in [0.2, 0.25) is 0 Å². The fourth-order valence-electron chi connectivity index (χ4n) is 5.28. The summed E-state index contributed by atoms with van der Waals surface area (Å²) in [7, 11) is -2.28. The fraction of sp³-hybridized carbons (Fsp3) is 0.538. The molecular weight excluding hydrogens is 588 g/mol. The Morgan fingerprint density at radius 1 is 1.14 bits per heavy atom. The maximum absolute atomic E-state index is 13.7. The first-order valence-electron chi connectivity index (χ1n) is 13.9. The summed E-state index contributed by atoms with van der Waals surface area (Å²) in [5.41, 5.74) is 1.79. The molecule has 0 saturated carbocycles. The average molecular weight is 623 g/mol. The van der Waals surface area contributed by atoms with Crippen molar-refractivity contribution < 1.29 is 33.0 Å². The van der Waals surface area contributed by atoms with Crippen molar-refractivity contribution in [2.75, 3.05) is 26.3 Å². The Kier molecular flexibility index (Phi) is 9.85. The normalized spacial score (nSPS) is 15.3. The molecule has 43 heavy (non-hydrogen) atoms. The Morgan fingerprint density at radius 2 is 1.86 bits per heavy atom. The van der Waals surface area contributed by atoms with E-state index < -0.39 is 38.8 Å². The van der Waals surface area contributed by atoms with Gasteiger partial charge in [-0.15, -0.1) is 20.2 Å². The lowest BCUT2D eigenvalue weighted by Gasteiger charge is -2.34. The maximum atomic E-state index is 13.7. The third kappa shape index (κ3) is 7.05. The smallest absolute Gasteiger partial charge is 0.294 e. The molecule has 1 saturated heterocycles. The third-order valence-electron chi connectivity index (χ3n) is 7.32. The molecule has 1 aromatic carbocycles. The summed E-state index contributed by atoms with van der Waals surface area (Å²) in [6.45, 7) is 3.66. The largest absolute Gasteiger partial charge is 0.493 e. The molecular formula is C26H34N6O10S. The van der Waals surface area contributed by atoms with Crippen molar-refractivity contribution in [3.63, 3.8) is 0 Å². The Morgan fingerprint density at radius 3 is 2.49 bits per heavy atom. The molecule has 0 unspecified atom stereocenters. The second-order valence-corrected chi connectivity index (χ2v) is 12.2.